The summed E-state index contributed by atoms with van der Waals surface area (Å²) in [6.45, 7) is 0. The Morgan fingerprint density at radius 3 is 1.34 bits per heavy atom. The summed E-state index contributed by atoms with van der Waals surface area (Å²) in [7, 11) is 0. The van der Waals surface area contributed by atoms with E-state index in [1.165, 1.54) is 11.1 Å². The third kappa shape index (κ3) is 5.96. The highest BCUT2D eigenvalue weighted by atomic mass is 15.2. The second-order valence-electron chi connectivity index (χ2n) is 15.0. The van der Waals surface area contributed by atoms with Crippen molar-refractivity contribution in [1.29, 1.82) is 5.26 Å². The highest BCUT2D eigenvalue weighted by Gasteiger charge is 2.27. The Balaban J connectivity index is 1.32. The molecule has 6 nitrogen and oxygen atoms in total. The van der Waals surface area contributed by atoms with Gasteiger partial charge in [0.2, 0.25) is 0 Å². The first-order chi connectivity index (χ1) is 29.2. The van der Waals surface area contributed by atoms with Gasteiger partial charge in [0.25, 0.3) is 0 Å². The summed E-state index contributed by atoms with van der Waals surface area (Å²) in [6, 6.07) is 57.1. The van der Waals surface area contributed by atoms with Crippen molar-refractivity contribution in [2.45, 2.75) is 12.8 Å². The zero-order valence-electron chi connectivity index (χ0n) is 32.0. The van der Waals surface area contributed by atoms with E-state index in [0.29, 0.717) is 5.56 Å². The van der Waals surface area contributed by atoms with Crippen LogP contribution in [0.1, 0.15) is 39.5 Å². The van der Waals surface area contributed by atoms with Gasteiger partial charge in [-0.1, -0.05) is 109 Å². The van der Waals surface area contributed by atoms with Crippen LogP contribution in [0.3, 0.4) is 0 Å². The maximum atomic E-state index is 9.65. The number of para-hydroxylation sites is 2. The van der Waals surface area contributed by atoms with E-state index < -0.39 is 0 Å². The molecule has 0 aliphatic carbocycles. The number of benzene rings is 5. The average molecular weight is 757 g/mol. The molecule has 0 amide bonds. The van der Waals surface area contributed by atoms with Crippen LogP contribution >= 0.6 is 0 Å². The fourth-order valence-electron chi connectivity index (χ4n) is 8.78. The van der Waals surface area contributed by atoms with E-state index in [2.05, 4.69) is 167 Å². The largest absolute Gasteiger partial charge is 0.354 e. The summed E-state index contributed by atoms with van der Waals surface area (Å²) in [5, 5.41) is 9.65. The molecule has 6 heterocycles. The number of nitrogens with zero attached hydrogens (tertiary/aromatic N) is 4. The van der Waals surface area contributed by atoms with E-state index in [1.807, 2.05) is 36.4 Å². The lowest BCUT2D eigenvalue weighted by Crippen LogP contribution is -2.13. The molecule has 0 radical (unpaired) electrons. The van der Waals surface area contributed by atoms with Gasteiger partial charge in [0.05, 0.1) is 45.6 Å². The molecule has 0 spiro atoms. The Labute approximate surface area is 341 Å². The van der Waals surface area contributed by atoms with Crippen LogP contribution in [0.4, 0.5) is 17.1 Å². The number of H-pyrrole nitrogens is 2. The van der Waals surface area contributed by atoms with Crippen LogP contribution in [-0.4, -0.2) is 19.9 Å². The minimum Gasteiger partial charge on any atom is -0.354 e. The second kappa shape index (κ2) is 14.2. The van der Waals surface area contributed by atoms with Gasteiger partial charge in [-0.25, -0.2) is 9.97 Å². The van der Waals surface area contributed by atoms with E-state index >= 15 is 0 Å². The molecular formula is C53H36N6. The summed E-state index contributed by atoms with van der Waals surface area (Å²) < 4.78 is 0. The SMILES string of the molecule is N#Cc1ccc(-c2c3nc(c(-c4ccccc4)c4ccc([nH]4)c(N4c5ccccc5CCc5ccccc54)c4nc(c(-c5ccccc5)c5ccc2[nH]5)C=C4)C=C3)cc1. The predicted octanol–water partition coefficient (Wildman–Crippen LogP) is 13.1. The molecule has 3 aliphatic rings. The van der Waals surface area contributed by atoms with Gasteiger partial charge in [-0.3, -0.25) is 0 Å². The van der Waals surface area contributed by atoms with Gasteiger partial charge in [-0.15, -0.1) is 0 Å². The Kier molecular flexibility index (Phi) is 8.23. The molecule has 8 bridgehead atoms. The molecule has 278 valence electrons. The number of aromatic amines is 2. The topological polar surface area (TPSA) is 84.4 Å². The molecule has 11 rings (SSSR count). The number of anilines is 3. The predicted molar refractivity (Wildman–Crippen MR) is 242 cm³/mol. The average Bonchev–Trinajstić information content (AvgIpc) is 4.13. The molecule has 3 aromatic heterocycles. The van der Waals surface area contributed by atoms with Crippen molar-refractivity contribution in [2.24, 2.45) is 0 Å². The first-order valence-corrected chi connectivity index (χ1v) is 19.9. The Hall–Kier alpha value is -8.01. The smallest absolute Gasteiger partial charge is 0.0991 e. The fraction of sp³-hybridized carbons (Fsp3) is 0.0377. The molecule has 3 aliphatic heterocycles. The highest BCUT2D eigenvalue weighted by Crippen LogP contribution is 2.46. The zero-order chi connectivity index (χ0) is 39.3. The molecule has 8 aromatic rings. The number of nitriles is 1. The van der Waals surface area contributed by atoms with Gasteiger partial charge in [0.1, 0.15) is 0 Å². The lowest BCUT2D eigenvalue weighted by atomic mass is 10.0. The zero-order valence-corrected chi connectivity index (χ0v) is 32.0. The van der Waals surface area contributed by atoms with Crippen molar-refractivity contribution in [3.8, 4) is 39.4 Å². The summed E-state index contributed by atoms with van der Waals surface area (Å²) in [5.41, 5.74) is 19.6. The second-order valence-corrected chi connectivity index (χ2v) is 15.0. The number of fused-ring (bicyclic) bond motifs is 10. The molecule has 59 heavy (non-hydrogen) atoms. The first kappa shape index (κ1) is 34.3. The fourth-order valence-corrected chi connectivity index (χ4v) is 8.78. The van der Waals surface area contributed by atoms with Gasteiger partial charge >= 0.3 is 0 Å². The number of aromatic nitrogens is 4. The van der Waals surface area contributed by atoms with Gasteiger partial charge in [0.15, 0.2) is 0 Å². The van der Waals surface area contributed by atoms with Crippen molar-refractivity contribution >= 4 is 63.4 Å². The van der Waals surface area contributed by atoms with Crippen LogP contribution in [0.5, 0.6) is 0 Å². The standard InChI is InChI=1S/C53H36N6/c54-33-34-19-21-39(22-20-34)52-42-27-25-40(55-42)50(37-13-3-1-4-14-37)44-29-31-46(57-44)53(59-48-17-9-7-11-35(48)23-24-36-12-8-10-18-49(36)59)47-32-30-45(58-47)51(38-15-5-2-6-16-38)41-26-28-43(52)56-41/h1-22,25-32,55,58H,23-24H2. The summed E-state index contributed by atoms with van der Waals surface area (Å²) in [6.07, 6.45) is 10.4. The third-order valence-corrected chi connectivity index (χ3v) is 11.5. The third-order valence-electron chi connectivity index (χ3n) is 11.5. The molecule has 0 saturated heterocycles. The number of aryl methyl sites for hydroxylation is 2. The molecule has 0 saturated carbocycles. The molecule has 0 atom stereocenters. The van der Waals surface area contributed by atoms with Crippen LogP contribution in [-0.2, 0) is 12.8 Å². The van der Waals surface area contributed by atoms with Crippen LogP contribution in [0.2, 0.25) is 0 Å². The summed E-state index contributed by atoms with van der Waals surface area (Å²) >= 11 is 0. The summed E-state index contributed by atoms with van der Waals surface area (Å²) in [4.78, 5) is 21.1. The lowest BCUT2D eigenvalue weighted by Gasteiger charge is -2.27. The number of hydrogen-bond donors (Lipinski definition) is 2. The van der Waals surface area contributed by atoms with Crippen LogP contribution in [0, 0.1) is 11.3 Å². The minimum atomic E-state index is 0.606. The molecule has 6 heteroatoms. The van der Waals surface area contributed by atoms with Crippen LogP contribution in [0.25, 0.3) is 79.8 Å². The number of rotatable bonds is 4. The summed E-state index contributed by atoms with van der Waals surface area (Å²) in [5.74, 6) is 0. The van der Waals surface area contributed by atoms with Crippen molar-refractivity contribution < 1.29 is 0 Å². The quantitative estimate of drug-likeness (QED) is 0.187. The van der Waals surface area contributed by atoms with Crippen molar-refractivity contribution in [3.63, 3.8) is 0 Å². The van der Waals surface area contributed by atoms with E-state index in [4.69, 9.17) is 9.97 Å². The van der Waals surface area contributed by atoms with Crippen LogP contribution in [0.15, 0.2) is 158 Å². The molecular weight excluding hydrogens is 721 g/mol. The van der Waals surface area contributed by atoms with Crippen molar-refractivity contribution in [3.05, 3.63) is 197 Å². The molecule has 0 unspecified atom stereocenters. The highest BCUT2D eigenvalue weighted by molar-refractivity contribution is 6.01. The Morgan fingerprint density at radius 2 is 0.831 bits per heavy atom. The van der Waals surface area contributed by atoms with Gasteiger partial charge < -0.3 is 14.9 Å². The first-order valence-electron chi connectivity index (χ1n) is 19.9. The molecule has 2 N–H and O–H groups in total. The van der Waals surface area contributed by atoms with Gasteiger partial charge in [-0.05, 0) is 113 Å². The van der Waals surface area contributed by atoms with E-state index in [1.54, 1.807) is 0 Å². The Morgan fingerprint density at radius 1 is 0.424 bits per heavy atom. The Bertz CT molecular complexity index is 3130. The monoisotopic (exact) mass is 756 g/mol. The molecule has 5 aromatic carbocycles. The molecule has 0 fully saturated rings. The maximum absolute atomic E-state index is 9.65. The normalized spacial score (nSPS) is 12.8. The van der Waals surface area contributed by atoms with Gasteiger partial charge in [-0.2, -0.15) is 5.26 Å². The van der Waals surface area contributed by atoms with E-state index in [9.17, 15) is 5.26 Å². The number of nitrogens with one attached hydrogen (secondary N) is 2. The minimum absolute atomic E-state index is 0.606. The van der Waals surface area contributed by atoms with Gasteiger partial charge in [0, 0.05) is 44.6 Å². The van der Waals surface area contributed by atoms with Crippen LogP contribution < -0.4 is 4.90 Å². The van der Waals surface area contributed by atoms with Crippen molar-refractivity contribution in [1.82, 2.24) is 19.9 Å². The number of hydrogen-bond acceptors (Lipinski definition) is 4. The lowest BCUT2D eigenvalue weighted by molar-refractivity contribution is 0.977. The van der Waals surface area contributed by atoms with E-state index in [0.717, 1.165) is 108 Å². The maximum Gasteiger partial charge on any atom is 0.0991 e. The van der Waals surface area contributed by atoms with E-state index in [-0.39, 0.29) is 0 Å². The van der Waals surface area contributed by atoms with Crippen molar-refractivity contribution in [2.75, 3.05) is 4.90 Å².